The third-order valence-corrected chi connectivity index (χ3v) is 3.35. The van der Waals surface area contributed by atoms with Crippen LogP contribution in [0.25, 0.3) is 0 Å². The van der Waals surface area contributed by atoms with Gasteiger partial charge in [0.2, 0.25) is 0 Å². The van der Waals surface area contributed by atoms with Gasteiger partial charge in [0.25, 0.3) is 0 Å². The number of benzene rings is 2. The molecule has 0 spiro atoms. The van der Waals surface area contributed by atoms with Crippen molar-refractivity contribution in [3.05, 3.63) is 57.6 Å². The van der Waals surface area contributed by atoms with Gasteiger partial charge >= 0.3 is 0 Å². The molecule has 0 bridgehead atoms. The molecule has 2 aromatic carbocycles. The molecule has 5 heteroatoms. The van der Waals surface area contributed by atoms with Gasteiger partial charge in [-0.3, -0.25) is 0 Å². The third-order valence-electron chi connectivity index (χ3n) is 2.85. The molecule has 0 unspecified atom stereocenters. The van der Waals surface area contributed by atoms with Gasteiger partial charge in [-0.25, -0.2) is 8.78 Å². The van der Waals surface area contributed by atoms with E-state index in [1.807, 2.05) is 0 Å². The molecule has 0 saturated carbocycles. The highest BCUT2D eigenvalue weighted by Crippen LogP contribution is 2.34. The number of aryl methyl sites for hydroxylation is 1. The highest BCUT2D eigenvalue weighted by molar-refractivity contribution is 9.10. The van der Waals surface area contributed by atoms with E-state index in [-0.39, 0.29) is 17.1 Å². The van der Waals surface area contributed by atoms with Crippen molar-refractivity contribution in [2.45, 2.75) is 20.0 Å². The van der Waals surface area contributed by atoms with E-state index in [1.54, 1.807) is 13.0 Å². The summed E-state index contributed by atoms with van der Waals surface area (Å²) in [6.07, 6.45) is -0.921. The summed E-state index contributed by atoms with van der Waals surface area (Å²) in [4.78, 5) is 0. The highest BCUT2D eigenvalue weighted by atomic mass is 79.9. The summed E-state index contributed by atoms with van der Waals surface area (Å²) in [6, 6.07) is 6.92. The van der Waals surface area contributed by atoms with E-state index in [0.717, 1.165) is 0 Å². The van der Waals surface area contributed by atoms with Crippen LogP contribution < -0.4 is 4.74 Å². The van der Waals surface area contributed by atoms with Gasteiger partial charge in [0.1, 0.15) is 11.6 Å². The predicted octanol–water partition coefficient (Wildman–Crippen LogP) is 4.88. The monoisotopic (exact) mass is 342 g/mol. The molecule has 0 aliphatic rings. The molecule has 2 rings (SSSR count). The molecule has 2 aromatic rings. The molecule has 1 atom stereocenters. The fourth-order valence-electron chi connectivity index (χ4n) is 1.76. The largest absolute Gasteiger partial charge is 0.454 e. The molecule has 2 nitrogen and oxygen atoms in total. The van der Waals surface area contributed by atoms with Gasteiger partial charge in [0, 0.05) is 10.0 Å². The minimum absolute atomic E-state index is 0.00674. The van der Waals surface area contributed by atoms with E-state index >= 15 is 0 Å². The van der Waals surface area contributed by atoms with E-state index in [4.69, 9.17) is 4.74 Å². The van der Waals surface area contributed by atoms with Gasteiger partial charge in [-0.2, -0.15) is 0 Å². The van der Waals surface area contributed by atoms with Crippen molar-refractivity contribution in [3.63, 3.8) is 0 Å². The minimum Gasteiger partial charge on any atom is -0.454 e. The maximum absolute atomic E-state index is 13.7. The maximum atomic E-state index is 13.7. The number of aliphatic hydroxyl groups is 1. The Kier molecular flexibility index (Phi) is 4.40. The summed E-state index contributed by atoms with van der Waals surface area (Å²) >= 11 is 3.23. The Morgan fingerprint density at radius 2 is 1.80 bits per heavy atom. The van der Waals surface area contributed by atoms with Crippen molar-refractivity contribution in [3.8, 4) is 11.5 Å². The third kappa shape index (κ3) is 3.16. The highest BCUT2D eigenvalue weighted by Gasteiger charge is 2.15. The average molecular weight is 343 g/mol. The molecule has 0 aromatic heterocycles. The lowest BCUT2D eigenvalue weighted by Crippen LogP contribution is -2.00. The summed E-state index contributed by atoms with van der Waals surface area (Å²) in [7, 11) is 0. The Hall–Kier alpha value is -1.46. The van der Waals surface area contributed by atoms with Crippen LogP contribution in [0.2, 0.25) is 0 Å². The number of halogens is 3. The summed E-state index contributed by atoms with van der Waals surface area (Å²) in [5.74, 6) is -0.738. The van der Waals surface area contributed by atoms with Gasteiger partial charge in [-0.1, -0.05) is 15.9 Å². The SMILES string of the molecule is Cc1cc(Oc2cc(Br)ccc2F)c([C@H](C)O)cc1F. The molecule has 0 radical (unpaired) electrons. The second-order valence-electron chi connectivity index (χ2n) is 4.49. The zero-order valence-corrected chi connectivity index (χ0v) is 12.5. The Morgan fingerprint density at radius 1 is 1.10 bits per heavy atom. The molecule has 1 N–H and O–H groups in total. The summed E-state index contributed by atoms with van der Waals surface area (Å²) in [5, 5.41) is 9.67. The van der Waals surface area contributed by atoms with E-state index in [2.05, 4.69) is 15.9 Å². The Labute approximate surface area is 124 Å². The van der Waals surface area contributed by atoms with Crippen LogP contribution in [0.1, 0.15) is 24.2 Å². The second kappa shape index (κ2) is 5.89. The number of hydrogen-bond donors (Lipinski definition) is 1. The molecule has 0 fully saturated rings. The maximum Gasteiger partial charge on any atom is 0.165 e. The molecule has 0 heterocycles. The van der Waals surface area contributed by atoms with Crippen molar-refractivity contribution in [2.75, 3.05) is 0 Å². The molecular formula is C15H13BrF2O2. The first kappa shape index (κ1) is 14.9. The first-order valence-electron chi connectivity index (χ1n) is 5.99. The van der Waals surface area contributed by atoms with Crippen LogP contribution in [0.4, 0.5) is 8.78 Å². The van der Waals surface area contributed by atoms with E-state index < -0.39 is 17.7 Å². The number of rotatable bonds is 3. The lowest BCUT2D eigenvalue weighted by atomic mass is 10.1. The summed E-state index contributed by atoms with van der Waals surface area (Å²) in [6.45, 7) is 3.07. The van der Waals surface area contributed by atoms with E-state index in [1.165, 1.54) is 31.2 Å². The zero-order chi connectivity index (χ0) is 14.9. The number of hydrogen-bond acceptors (Lipinski definition) is 2. The molecule has 20 heavy (non-hydrogen) atoms. The topological polar surface area (TPSA) is 29.5 Å². The Morgan fingerprint density at radius 3 is 2.45 bits per heavy atom. The minimum atomic E-state index is -0.921. The van der Waals surface area contributed by atoms with Gasteiger partial charge in [-0.05, 0) is 49.7 Å². The Bertz CT molecular complexity index is 642. The van der Waals surface area contributed by atoms with Gasteiger partial charge in [0.05, 0.1) is 6.10 Å². The van der Waals surface area contributed by atoms with Crippen LogP contribution in [-0.2, 0) is 0 Å². The van der Waals surface area contributed by atoms with Crippen molar-refractivity contribution in [1.82, 2.24) is 0 Å². The molecule has 0 amide bonds. The van der Waals surface area contributed by atoms with Crippen molar-refractivity contribution >= 4 is 15.9 Å². The fourth-order valence-corrected chi connectivity index (χ4v) is 2.10. The molecule has 0 saturated heterocycles. The van der Waals surface area contributed by atoms with Crippen LogP contribution in [0, 0.1) is 18.6 Å². The molecule has 0 aliphatic carbocycles. The van der Waals surface area contributed by atoms with Gasteiger partial charge in [-0.15, -0.1) is 0 Å². The van der Waals surface area contributed by atoms with E-state index in [9.17, 15) is 13.9 Å². The average Bonchev–Trinajstić information content (AvgIpc) is 2.37. The molecular weight excluding hydrogens is 330 g/mol. The van der Waals surface area contributed by atoms with Crippen LogP contribution in [0.5, 0.6) is 11.5 Å². The molecule has 0 aliphatic heterocycles. The normalized spacial score (nSPS) is 12.3. The summed E-state index contributed by atoms with van der Waals surface area (Å²) < 4.78 is 33.4. The second-order valence-corrected chi connectivity index (χ2v) is 5.41. The summed E-state index contributed by atoms with van der Waals surface area (Å²) in [5.41, 5.74) is 0.632. The number of ether oxygens (including phenoxy) is 1. The first-order valence-corrected chi connectivity index (χ1v) is 6.79. The van der Waals surface area contributed by atoms with E-state index in [0.29, 0.717) is 10.0 Å². The van der Waals surface area contributed by atoms with Crippen LogP contribution in [-0.4, -0.2) is 5.11 Å². The lowest BCUT2D eigenvalue weighted by molar-refractivity contribution is 0.195. The molecule has 106 valence electrons. The zero-order valence-electron chi connectivity index (χ0n) is 11.0. The lowest BCUT2D eigenvalue weighted by Gasteiger charge is -2.15. The first-order chi connectivity index (χ1) is 9.38. The number of aliphatic hydroxyl groups excluding tert-OH is 1. The van der Waals surface area contributed by atoms with Gasteiger partial charge in [0.15, 0.2) is 11.6 Å². The standard InChI is InChI=1S/C15H13BrF2O2/c1-8-5-14(11(9(2)19)7-13(8)18)20-15-6-10(16)3-4-12(15)17/h3-7,9,19H,1-2H3/t9-/m0/s1. The van der Waals surface area contributed by atoms with Crippen molar-refractivity contribution < 1.29 is 18.6 Å². The fraction of sp³-hybridized carbons (Fsp3) is 0.200. The van der Waals surface area contributed by atoms with Crippen LogP contribution >= 0.6 is 15.9 Å². The van der Waals surface area contributed by atoms with Crippen LogP contribution in [0.3, 0.4) is 0 Å². The van der Waals surface area contributed by atoms with Crippen molar-refractivity contribution in [2.24, 2.45) is 0 Å². The quantitative estimate of drug-likeness (QED) is 0.861. The van der Waals surface area contributed by atoms with Crippen LogP contribution in [0.15, 0.2) is 34.8 Å². The van der Waals surface area contributed by atoms with Crippen molar-refractivity contribution in [1.29, 1.82) is 0 Å². The predicted molar refractivity (Wildman–Crippen MR) is 75.9 cm³/mol. The Balaban J connectivity index is 2.47. The van der Waals surface area contributed by atoms with Gasteiger partial charge < -0.3 is 9.84 Å². The smallest absolute Gasteiger partial charge is 0.165 e.